The Morgan fingerprint density at radius 2 is 0.281 bits per heavy atom. The van der Waals surface area contributed by atoms with Gasteiger partial charge in [-0.15, -0.1) is 0 Å². The molecule has 0 aliphatic rings. The molecule has 0 rings (SSSR count). The normalized spacial score (nSPS) is 17.1. The minimum absolute atomic E-state index is 1.28. The van der Waals surface area contributed by atoms with Gasteiger partial charge in [0.1, 0.15) is 0 Å². The summed E-state index contributed by atoms with van der Waals surface area (Å²) in [4.78, 5) is 0. The first-order valence-electron chi connectivity index (χ1n) is 13.2. The van der Waals surface area contributed by atoms with E-state index in [0.29, 0.717) is 0 Å². The Morgan fingerprint density at radius 3 is 0.344 bits per heavy atom. The van der Waals surface area contributed by atoms with Gasteiger partial charge in [0.15, 0.2) is 0 Å². The highest BCUT2D eigenvalue weighted by Crippen LogP contribution is 2.53. The fraction of sp³-hybridized carbons (Fsp3) is 1.00. The molecule has 0 fully saturated rings. The Kier molecular flexibility index (Phi) is 9.48. The van der Waals surface area contributed by atoms with E-state index in [1.807, 2.05) is 0 Å². The maximum atomic E-state index is 3.10. The molecule has 0 aromatic carbocycles. The predicted octanol–water partition coefficient (Wildman–Crippen LogP) is 9.04. The van der Waals surface area contributed by atoms with Crippen LogP contribution in [0, 0.1) is 0 Å². The topological polar surface area (TPSA) is 0 Å². The zero-order chi connectivity index (χ0) is 27.0. The molecule has 0 bridgehead atoms. The average Bonchev–Trinajstić information content (AvgIpc) is 2.25. The van der Waals surface area contributed by atoms with Gasteiger partial charge in [0.2, 0.25) is 0 Å². The molecular formula is C22H66Si10. The van der Waals surface area contributed by atoms with Gasteiger partial charge in [-0.25, -0.2) is 0 Å². The Balaban J connectivity index is 8.24. The highest BCUT2D eigenvalue weighted by atomic mass is 30.4. The molecule has 0 nitrogen and oxygen atoms in total. The lowest BCUT2D eigenvalue weighted by Gasteiger charge is -2.75. The molecule has 0 heterocycles. The van der Waals surface area contributed by atoms with Crippen molar-refractivity contribution in [3.8, 4) is 0 Å². The summed E-state index contributed by atoms with van der Waals surface area (Å²) < 4.78 is 0. The monoisotopic (exact) mass is 610 g/mol. The smallest absolute Gasteiger partial charge is 0.0315 e. The van der Waals surface area contributed by atoms with E-state index in [4.69, 9.17) is 0 Å². The summed E-state index contributed by atoms with van der Waals surface area (Å²) in [5.41, 5.74) is 0. The third kappa shape index (κ3) is 4.52. The van der Waals surface area contributed by atoms with Crippen LogP contribution in [-0.2, 0) is 0 Å². The van der Waals surface area contributed by atoms with Crippen LogP contribution in [0.4, 0.5) is 0 Å². The lowest BCUT2D eigenvalue weighted by atomic mass is 11.8. The second-order valence-corrected chi connectivity index (χ2v) is 136. The maximum Gasteiger partial charge on any atom is 0.0315 e. The second-order valence-electron chi connectivity index (χ2n) is 18.2. The Hall–Kier alpha value is 2.17. The standard InChI is InChI=1S/C22H66Si10/c1-23(2,3)31(24(4,5)6,25(7,8)9)29(19,20)30(21,22)32(26(10,11)12,27(13,14)15)28(16,17)18/h1-22H3. The van der Waals surface area contributed by atoms with Crippen molar-refractivity contribution in [2.24, 2.45) is 0 Å². The first-order valence-corrected chi connectivity index (χ1v) is 53.2. The van der Waals surface area contributed by atoms with E-state index in [1.54, 1.807) is 0 Å². The summed E-state index contributed by atoms with van der Waals surface area (Å²) in [5.74, 6) is 0. The second kappa shape index (κ2) is 8.88. The Bertz CT molecular complexity index is 536. The molecule has 0 aliphatic heterocycles. The van der Waals surface area contributed by atoms with Crippen molar-refractivity contribution < 1.29 is 0 Å². The minimum atomic E-state index is -1.45. The van der Waals surface area contributed by atoms with Gasteiger partial charge in [0.25, 0.3) is 0 Å². The van der Waals surface area contributed by atoms with Crippen molar-refractivity contribution in [2.75, 3.05) is 0 Å². The lowest BCUT2D eigenvalue weighted by molar-refractivity contribution is 1.71. The van der Waals surface area contributed by atoms with Crippen molar-refractivity contribution in [2.45, 2.75) is 144 Å². The third-order valence-electron chi connectivity index (χ3n) is 10.2. The molecule has 10 heteroatoms. The average molecular weight is 612 g/mol. The van der Waals surface area contributed by atoms with Crippen molar-refractivity contribution in [3.63, 3.8) is 0 Å². The summed E-state index contributed by atoms with van der Waals surface area (Å²) in [6, 6.07) is 0. The zero-order valence-electron chi connectivity index (χ0n) is 27.0. The molecule has 0 atom stereocenters. The first-order chi connectivity index (χ1) is 13.2. The first kappa shape index (κ1) is 34.2. The van der Waals surface area contributed by atoms with Crippen molar-refractivity contribution in [1.82, 2.24) is 0 Å². The van der Waals surface area contributed by atoms with E-state index in [2.05, 4.69) is 144 Å². The number of hydrogen-bond acceptors (Lipinski definition) is 0. The van der Waals surface area contributed by atoms with Gasteiger partial charge in [0.05, 0.1) is 0 Å². The minimum Gasteiger partial charge on any atom is -0.0739 e. The van der Waals surface area contributed by atoms with E-state index in [0.717, 1.165) is 0 Å². The summed E-state index contributed by atoms with van der Waals surface area (Å²) in [5, 5.41) is 0. The fourth-order valence-corrected chi connectivity index (χ4v) is 501. The molecule has 0 radical (unpaired) electrons. The highest BCUT2D eigenvalue weighted by molar-refractivity contribution is 8.23. The van der Waals surface area contributed by atoms with Crippen LogP contribution < -0.4 is 0 Å². The predicted molar refractivity (Wildman–Crippen MR) is 187 cm³/mol. The van der Waals surface area contributed by atoms with Crippen LogP contribution >= 0.6 is 0 Å². The largest absolute Gasteiger partial charge is 0.0739 e. The van der Waals surface area contributed by atoms with Gasteiger partial charge < -0.3 is 0 Å². The zero-order valence-corrected chi connectivity index (χ0v) is 37.0. The number of rotatable bonds is 9. The quantitative estimate of drug-likeness (QED) is 0.228. The van der Waals surface area contributed by atoms with Crippen LogP contribution in [0.3, 0.4) is 0 Å². The molecule has 194 valence electrons. The molecule has 0 saturated heterocycles. The van der Waals surface area contributed by atoms with E-state index in [9.17, 15) is 0 Å². The van der Waals surface area contributed by atoms with E-state index >= 15 is 0 Å². The van der Waals surface area contributed by atoms with Gasteiger partial charge in [-0.3, -0.25) is 0 Å². The maximum absolute atomic E-state index is 3.10. The summed E-state index contributed by atoms with van der Waals surface area (Å²) in [6.07, 6.45) is -2.78. The van der Waals surface area contributed by atoms with E-state index in [1.165, 1.54) is 0 Å². The summed E-state index contributed by atoms with van der Waals surface area (Å²) >= 11 is 0. The van der Waals surface area contributed by atoms with Crippen molar-refractivity contribution >= 4 is 72.1 Å². The van der Waals surface area contributed by atoms with Crippen LogP contribution in [0.1, 0.15) is 0 Å². The molecule has 0 aliphatic carbocycles. The molecule has 0 aromatic rings. The Labute approximate surface area is 214 Å². The molecule has 0 N–H and O–H groups in total. The molecule has 32 heavy (non-hydrogen) atoms. The fourth-order valence-electron chi connectivity index (χ4n) is 13.3. The highest BCUT2D eigenvalue weighted by Gasteiger charge is 2.79. The molecule has 0 spiro atoms. The van der Waals surface area contributed by atoms with Crippen LogP contribution in [0.15, 0.2) is 0 Å². The van der Waals surface area contributed by atoms with Gasteiger partial charge in [-0.2, -0.15) is 0 Å². The van der Waals surface area contributed by atoms with Crippen LogP contribution in [0.2, 0.25) is 144 Å². The van der Waals surface area contributed by atoms with E-state index < -0.39 is 72.1 Å². The van der Waals surface area contributed by atoms with Gasteiger partial charge in [-0.05, 0) is 0 Å². The SMILES string of the molecule is C[Si](C)(C)[Si]([Si](C)(C)C)([Si](C)(C)C)[Si](C)(C)[Si](C)(C)[Si]([Si](C)(C)C)([Si](C)(C)C)[Si](C)(C)C. The van der Waals surface area contributed by atoms with Crippen LogP contribution in [0.25, 0.3) is 0 Å². The van der Waals surface area contributed by atoms with Crippen LogP contribution in [-0.4, -0.2) is 72.1 Å². The molecule has 0 aromatic heterocycles. The van der Waals surface area contributed by atoms with Gasteiger partial charge in [-0.1, -0.05) is 144 Å². The molecule has 0 saturated carbocycles. The van der Waals surface area contributed by atoms with Gasteiger partial charge >= 0.3 is 0 Å². The molecule has 0 unspecified atom stereocenters. The molecular weight excluding hydrogens is 545 g/mol. The van der Waals surface area contributed by atoms with Gasteiger partial charge in [0, 0.05) is 72.1 Å². The summed E-state index contributed by atoms with van der Waals surface area (Å²) in [7, 11) is -10.6. The van der Waals surface area contributed by atoms with E-state index in [-0.39, 0.29) is 0 Å². The van der Waals surface area contributed by atoms with Crippen molar-refractivity contribution in [3.05, 3.63) is 0 Å². The number of hydrogen-bond donors (Lipinski definition) is 0. The summed E-state index contributed by atoms with van der Waals surface area (Å²) in [6.45, 7) is 64.3. The molecule has 0 amide bonds. The lowest BCUT2D eigenvalue weighted by Crippen LogP contribution is -3.05. The van der Waals surface area contributed by atoms with Crippen LogP contribution in [0.5, 0.6) is 0 Å². The third-order valence-corrected chi connectivity index (χ3v) is 281. The van der Waals surface area contributed by atoms with Crippen molar-refractivity contribution in [1.29, 1.82) is 0 Å². The Morgan fingerprint density at radius 1 is 0.188 bits per heavy atom.